The molecule has 1 aromatic carbocycles. The molecule has 0 aromatic heterocycles. The van der Waals surface area contributed by atoms with Crippen LogP contribution in [-0.2, 0) is 11.3 Å². The molecule has 0 amide bonds. The predicted octanol–water partition coefficient (Wildman–Crippen LogP) is 1.80. The van der Waals surface area contributed by atoms with Crippen molar-refractivity contribution >= 4 is 0 Å². The van der Waals surface area contributed by atoms with Crippen molar-refractivity contribution in [2.24, 2.45) is 0 Å². The lowest BCUT2D eigenvalue weighted by Gasteiger charge is -2.36. The van der Waals surface area contributed by atoms with E-state index in [1.807, 2.05) is 18.2 Å². The Balaban J connectivity index is 1.93. The second kappa shape index (κ2) is 4.53. The minimum Gasteiger partial charge on any atom is -0.497 e. The van der Waals surface area contributed by atoms with E-state index in [1.54, 1.807) is 7.11 Å². The number of morpholine rings is 1. The van der Waals surface area contributed by atoms with Gasteiger partial charge in [-0.05, 0) is 18.2 Å². The molecule has 0 radical (unpaired) electrons. The molecular weight excluding hydrogens is 230 g/mol. The predicted molar refractivity (Wildman–Crippen MR) is 67.8 cm³/mol. The third kappa shape index (κ3) is 1.93. The molecular formula is C14H17NO3. The normalized spacial score (nSPS) is 22.6. The number of hydrogen-bond donors (Lipinski definition) is 0. The van der Waals surface area contributed by atoms with Gasteiger partial charge in [-0.15, -0.1) is 0 Å². The molecule has 2 aliphatic rings. The first-order valence-electron chi connectivity index (χ1n) is 6.10. The van der Waals surface area contributed by atoms with E-state index in [1.165, 1.54) is 0 Å². The summed E-state index contributed by atoms with van der Waals surface area (Å²) >= 11 is 0. The van der Waals surface area contributed by atoms with Gasteiger partial charge in [0.15, 0.2) is 0 Å². The molecule has 1 fully saturated rings. The average molecular weight is 247 g/mol. The van der Waals surface area contributed by atoms with Crippen LogP contribution in [0.15, 0.2) is 30.5 Å². The van der Waals surface area contributed by atoms with E-state index in [0.717, 1.165) is 29.3 Å². The Morgan fingerprint density at radius 1 is 1.39 bits per heavy atom. The molecule has 0 spiro atoms. The molecule has 96 valence electrons. The van der Waals surface area contributed by atoms with Gasteiger partial charge in [-0.2, -0.15) is 0 Å². The van der Waals surface area contributed by atoms with E-state index in [-0.39, 0.29) is 6.04 Å². The quantitative estimate of drug-likeness (QED) is 0.757. The zero-order chi connectivity index (χ0) is 12.5. The highest BCUT2D eigenvalue weighted by atomic mass is 16.5. The Hall–Kier alpha value is -1.68. The molecule has 2 heterocycles. The van der Waals surface area contributed by atoms with E-state index < -0.39 is 0 Å². The van der Waals surface area contributed by atoms with E-state index >= 15 is 0 Å². The molecule has 2 aliphatic heterocycles. The topological polar surface area (TPSA) is 30.9 Å². The summed E-state index contributed by atoms with van der Waals surface area (Å²) < 4.78 is 16.6. The average Bonchev–Trinajstić information content (AvgIpc) is 2.58. The third-order valence-electron chi connectivity index (χ3n) is 3.47. The van der Waals surface area contributed by atoms with Crippen LogP contribution in [-0.4, -0.2) is 37.9 Å². The first-order valence-corrected chi connectivity index (χ1v) is 6.10. The standard InChI is InChI=1S/C14H17NO3/c1-10-7-17-8-12-9-18-14-4-3-13(16-2)5-11(14)6-15(10)12/h3-5,12H,1,6-9H2,2H3. The van der Waals surface area contributed by atoms with Crippen LogP contribution in [0.5, 0.6) is 11.5 Å². The molecule has 3 rings (SSSR count). The van der Waals surface area contributed by atoms with Crippen molar-refractivity contribution in [1.29, 1.82) is 0 Å². The van der Waals surface area contributed by atoms with Crippen LogP contribution in [0.1, 0.15) is 5.56 Å². The summed E-state index contributed by atoms with van der Waals surface area (Å²) in [5.74, 6) is 1.78. The van der Waals surface area contributed by atoms with Gasteiger partial charge in [0.25, 0.3) is 0 Å². The van der Waals surface area contributed by atoms with E-state index in [2.05, 4.69) is 11.5 Å². The minimum atomic E-state index is 0.254. The largest absolute Gasteiger partial charge is 0.497 e. The monoisotopic (exact) mass is 247 g/mol. The number of ether oxygens (including phenoxy) is 3. The van der Waals surface area contributed by atoms with Gasteiger partial charge < -0.3 is 19.1 Å². The second-order valence-electron chi connectivity index (χ2n) is 4.65. The molecule has 0 aliphatic carbocycles. The first kappa shape index (κ1) is 11.4. The Morgan fingerprint density at radius 3 is 3.11 bits per heavy atom. The Labute approximate surface area is 107 Å². The molecule has 0 N–H and O–H groups in total. The summed E-state index contributed by atoms with van der Waals surface area (Å²) in [6.45, 7) is 6.82. The zero-order valence-electron chi connectivity index (χ0n) is 10.5. The Morgan fingerprint density at radius 2 is 2.28 bits per heavy atom. The maximum absolute atomic E-state index is 5.85. The van der Waals surface area contributed by atoms with Gasteiger partial charge in [0.05, 0.1) is 26.4 Å². The maximum Gasteiger partial charge on any atom is 0.124 e. The summed E-state index contributed by atoms with van der Waals surface area (Å²) in [5.41, 5.74) is 2.16. The lowest BCUT2D eigenvalue weighted by molar-refractivity contribution is 0.0116. The van der Waals surface area contributed by atoms with Crippen molar-refractivity contribution in [3.63, 3.8) is 0 Å². The van der Waals surface area contributed by atoms with Crippen LogP contribution in [0.3, 0.4) is 0 Å². The smallest absolute Gasteiger partial charge is 0.124 e. The Kier molecular flexibility index (Phi) is 2.88. The fraction of sp³-hybridized carbons (Fsp3) is 0.429. The molecule has 0 bridgehead atoms. The van der Waals surface area contributed by atoms with Crippen LogP contribution in [0.25, 0.3) is 0 Å². The van der Waals surface area contributed by atoms with Gasteiger partial charge in [-0.25, -0.2) is 0 Å². The molecule has 4 heteroatoms. The second-order valence-corrected chi connectivity index (χ2v) is 4.65. The van der Waals surface area contributed by atoms with Gasteiger partial charge >= 0.3 is 0 Å². The fourth-order valence-corrected chi connectivity index (χ4v) is 2.44. The summed E-state index contributed by atoms with van der Waals surface area (Å²) in [6.07, 6.45) is 0. The highest BCUT2D eigenvalue weighted by molar-refractivity contribution is 5.41. The van der Waals surface area contributed by atoms with Crippen LogP contribution in [0, 0.1) is 0 Å². The van der Waals surface area contributed by atoms with E-state index in [9.17, 15) is 0 Å². The number of rotatable bonds is 1. The molecule has 18 heavy (non-hydrogen) atoms. The van der Waals surface area contributed by atoms with Gasteiger partial charge in [0.1, 0.15) is 18.1 Å². The van der Waals surface area contributed by atoms with E-state index in [0.29, 0.717) is 19.8 Å². The molecule has 0 saturated carbocycles. The summed E-state index contributed by atoms with van der Waals surface area (Å²) in [4.78, 5) is 2.27. The molecule has 4 nitrogen and oxygen atoms in total. The van der Waals surface area contributed by atoms with Crippen LogP contribution in [0.2, 0.25) is 0 Å². The summed E-state index contributed by atoms with van der Waals surface area (Å²) in [7, 11) is 1.68. The number of nitrogens with zero attached hydrogens (tertiary/aromatic N) is 1. The van der Waals surface area contributed by atoms with Crippen LogP contribution >= 0.6 is 0 Å². The molecule has 1 aromatic rings. The lowest BCUT2D eigenvalue weighted by Crippen LogP contribution is -2.45. The van der Waals surface area contributed by atoms with E-state index in [4.69, 9.17) is 14.2 Å². The number of fused-ring (bicyclic) bond motifs is 2. The van der Waals surface area contributed by atoms with Gasteiger partial charge in [0, 0.05) is 17.8 Å². The first-order chi connectivity index (χ1) is 8.78. The fourth-order valence-electron chi connectivity index (χ4n) is 2.44. The van der Waals surface area contributed by atoms with Crippen LogP contribution < -0.4 is 9.47 Å². The minimum absolute atomic E-state index is 0.254. The third-order valence-corrected chi connectivity index (χ3v) is 3.47. The molecule has 1 saturated heterocycles. The maximum atomic E-state index is 5.85. The summed E-state index contributed by atoms with van der Waals surface area (Å²) in [5, 5.41) is 0. The SMILES string of the molecule is C=C1COCC2COc3ccc(OC)cc3CN12. The summed E-state index contributed by atoms with van der Waals surface area (Å²) in [6, 6.07) is 6.18. The van der Waals surface area contributed by atoms with Gasteiger partial charge in [-0.1, -0.05) is 6.58 Å². The Bertz CT molecular complexity index is 472. The molecule has 1 atom stereocenters. The van der Waals surface area contributed by atoms with Crippen molar-refractivity contribution < 1.29 is 14.2 Å². The van der Waals surface area contributed by atoms with Crippen molar-refractivity contribution in [3.05, 3.63) is 36.0 Å². The van der Waals surface area contributed by atoms with Crippen molar-refractivity contribution in [2.45, 2.75) is 12.6 Å². The number of benzene rings is 1. The van der Waals surface area contributed by atoms with Crippen molar-refractivity contribution in [1.82, 2.24) is 4.90 Å². The highest BCUT2D eigenvalue weighted by Crippen LogP contribution is 2.31. The number of hydrogen-bond acceptors (Lipinski definition) is 4. The molecule has 1 unspecified atom stereocenters. The highest BCUT2D eigenvalue weighted by Gasteiger charge is 2.29. The van der Waals surface area contributed by atoms with Crippen molar-refractivity contribution in [3.8, 4) is 11.5 Å². The van der Waals surface area contributed by atoms with Crippen LogP contribution in [0.4, 0.5) is 0 Å². The van der Waals surface area contributed by atoms with Crippen molar-refractivity contribution in [2.75, 3.05) is 26.9 Å². The van der Waals surface area contributed by atoms with Gasteiger partial charge in [-0.3, -0.25) is 0 Å². The van der Waals surface area contributed by atoms with Gasteiger partial charge in [0.2, 0.25) is 0 Å². The number of methoxy groups -OCH3 is 1. The zero-order valence-corrected chi connectivity index (χ0v) is 10.5. The lowest BCUT2D eigenvalue weighted by atomic mass is 10.1.